The quantitative estimate of drug-likeness (QED) is 0.140. The van der Waals surface area contributed by atoms with E-state index < -0.39 is 0 Å². The molecule has 75 heavy (non-hydrogen) atoms. The van der Waals surface area contributed by atoms with E-state index in [1.165, 1.54) is 105 Å². The molecule has 0 atom stereocenters. The minimum Gasteiger partial charge on any atom is -0.310 e. The number of hydrogen-bond acceptors (Lipinski definition) is 1. The largest absolute Gasteiger partial charge is 0.310 e. The van der Waals surface area contributed by atoms with Crippen molar-refractivity contribution in [2.75, 3.05) is 4.90 Å². The molecule has 354 valence electrons. The molecule has 0 radical (unpaired) electrons. The van der Waals surface area contributed by atoms with E-state index in [9.17, 15) is 0 Å². The van der Waals surface area contributed by atoms with Gasteiger partial charge in [0.2, 0.25) is 0 Å². The van der Waals surface area contributed by atoms with E-state index in [1.807, 2.05) is 0 Å². The topological polar surface area (TPSA) is 8.17 Å². The summed E-state index contributed by atoms with van der Waals surface area (Å²) in [4.78, 5) is 2.40. The van der Waals surface area contributed by atoms with Crippen LogP contribution in [0.2, 0.25) is 0 Å². The van der Waals surface area contributed by atoms with Gasteiger partial charge in [-0.15, -0.1) is 0 Å². The molecule has 1 heterocycles. The van der Waals surface area contributed by atoms with E-state index >= 15 is 0 Å². The van der Waals surface area contributed by atoms with Crippen molar-refractivity contribution in [1.29, 1.82) is 0 Å². The lowest BCUT2D eigenvalue weighted by atomic mass is 9.82. The molecule has 0 N–H and O–H groups in total. The summed E-state index contributed by atoms with van der Waals surface area (Å²) in [7, 11) is 0. The lowest BCUT2D eigenvalue weighted by molar-refractivity contribution is 0.660. The van der Waals surface area contributed by atoms with Gasteiger partial charge in [0.25, 0.3) is 0 Å². The second-order valence-electron chi connectivity index (χ2n) is 20.5. The van der Waals surface area contributed by atoms with Crippen LogP contribution >= 0.6 is 0 Å². The molecule has 13 aromatic rings. The first-order valence-corrected chi connectivity index (χ1v) is 26.1. The number of para-hydroxylation sites is 1. The van der Waals surface area contributed by atoms with Crippen molar-refractivity contribution < 1.29 is 0 Å². The first-order valence-electron chi connectivity index (χ1n) is 26.1. The third-order valence-corrected chi connectivity index (χ3v) is 15.8. The fourth-order valence-corrected chi connectivity index (χ4v) is 12.0. The van der Waals surface area contributed by atoms with E-state index in [0.717, 1.165) is 28.3 Å². The van der Waals surface area contributed by atoms with Crippen molar-refractivity contribution in [2.45, 2.75) is 19.3 Å². The smallest absolute Gasteiger partial charge is 0.0547 e. The van der Waals surface area contributed by atoms with Crippen molar-refractivity contribution in [1.82, 2.24) is 4.57 Å². The fourth-order valence-electron chi connectivity index (χ4n) is 12.0. The third kappa shape index (κ3) is 7.56. The van der Waals surface area contributed by atoms with Gasteiger partial charge in [0.1, 0.15) is 0 Å². The van der Waals surface area contributed by atoms with Crippen LogP contribution in [0.15, 0.2) is 279 Å². The van der Waals surface area contributed by atoms with Gasteiger partial charge in [-0.2, -0.15) is 0 Å². The van der Waals surface area contributed by atoms with Crippen LogP contribution < -0.4 is 4.90 Å². The lowest BCUT2D eigenvalue weighted by Gasteiger charge is -2.28. The Balaban J connectivity index is 0.841. The normalized spacial score (nSPS) is 12.5. The highest BCUT2D eigenvalue weighted by atomic mass is 15.1. The Kier molecular flexibility index (Phi) is 10.6. The number of fused-ring (bicyclic) bond motifs is 7. The molecule has 1 aliphatic rings. The summed E-state index contributed by atoms with van der Waals surface area (Å²) in [5, 5.41) is 4.96. The average molecular weight is 957 g/mol. The van der Waals surface area contributed by atoms with Crippen molar-refractivity contribution in [3.05, 3.63) is 290 Å². The second-order valence-corrected chi connectivity index (χ2v) is 20.5. The van der Waals surface area contributed by atoms with Gasteiger partial charge in [-0.25, -0.2) is 0 Å². The molecule has 0 bridgehead atoms. The van der Waals surface area contributed by atoms with Crippen LogP contribution in [0.1, 0.15) is 25.0 Å². The molecular weight excluding hydrogens is 905 g/mol. The molecule has 12 aromatic carbocycles. The number of anilines is 3. The van der Waals surface area contributed by atoms with Gasteiger partial charge in [0.15, 0.2) is 0 Å². The van der Waals surface area contributed by atoms with Crippen molar-refractivity contribution >= 4 is 49.6 Å². The molecule has 0 aliphatic heterocycles. The van der Waals surface area contributed by atoms with Gasteiger partial charge >= 0.3 is 0 Å². The second kappa shape index (κ2) is 17.9. The maximum absolute atomic E-state index is 2.50. The van der Waals surface area contributed by atoms with Gasteiger partial charge in [-0.05, 0) is 138 Å². The Labute approximate surface area is 438 Å². The van der Waals surface area contributed by atoms with E-state index in [-0.39, 0.29) is 5.41 Å². The maximum Gasteiger partial charge on any atom is 0.0547 e. The minimum atomic E-state index is -0.113. The molecule has 0 fully saturated rings. The molecule has 1 aliphatic carbocycles. The standard InChI is InChI=1S/C73H52N2/c1-73(2)68-26-13-11-24-64(68)65-45-42-60(48-69(65)73)74(58-38-32-52(33-39-58)49-16-5-3-6-17-49)59-40-34-53(35-41-59)51-28-30-55(31-29-51)63-23-12-14-27-70(63)75-71-46-56(50-18-7-4-8-19-50)36-43-66(71)67-44-37-57(47-72(67)75)62-25-15-21-54-20-9-10-22-61(54)62/h3-48H,1-2H3. The zero-order valence-electron chi connectivity index (χ0n) is 42.0. The summed E-state index contributed by atoms with van der Waals surface area (Å²) in [5.74, 6) is 0. The fraction of sp³-hybridized carbons (Fsp3) is 0.0411. The molecule has 0 unspecified atom stereocenters. The van der Waals surface area contributed by atoms with E-state index in [1.54, 1.807) is 0 Å². The zero-order chi connectivity index (χ0) is 50.0. The van der Waals surface area contributed by atoms with Gasteiger partial charge in [-0.1, -0.05) is 238 Å². The zero-order valence-corrected chi connectivity index (χ0v) is 42.0. The van der Waals surface area contributed by atoms with E-state index in [4.69, 9.17) is 0 Å². The lowest BCUT2D eigenvalue weighted by Crippen LogP contribution is -2.16. The van der Waals surface area contributed by atoms with Gasteiger partial charge < -0.3 is 9.47 Å². The van der Waals surface area contributed by atoms with Crippen LogP contribution in [0.25, 0.3) is 105 Å². The highest BCUT2D eigenvalue weighted by molar-refractivity contribution is 6.12. The van der Waals surface area contributed by atoms with Gasteiger partial charge in [-0.3, -0.25) is 0 Å². The SMILES string of the molecule is CC1(C)c2ccccc2-c2ccc(N(c3ccc(-c4ccccc4)cc3)c3ccc(-c4ccc(-c5ccccc5-n5c6cc(-c7ccccc7)ccc6c6ccc(-c7cccc8ccccc78)cc65)cc4)cc3)cc21. The Bertz CT molecular complexity index is 4270. The molecule has 1 aromatic heterocycles. The highest BCUT2D eigenvalue weighted by Gasteiger charge is 2.36. The van der Waals surface area contributed by atoms with Crippen LogP contribution in [0, 0.1) is 0 Å². The van der Waals surface area contributed by atoms with Crippen LogP contribution in [-0.2, 0) is 5.41 Å². The predicted octanol–water partition coefficient (Wildman–Crippen LogP) is 20.0. The summed E-state index contributed by atoms with van der Waals surface area (Å²) in [6.45, 7) is 4.71. The monoisotopic (exact) mass is 956 g/mol. The minimum absolute atomic E-state index is 0.113. The average Bonchev–Trinajstić information content (AvgIpc) is 3.95. The Morgan fingerprint density at radius 1 is 0.280 bits per heavy atom. The Morgan fingerprint density at radius 2 is 0.733 bits per heavy atom. The third-order valence-electron chi connectivity index (χ3n) is 15.8. The Morgan fingerprint density at radius 3 is 1.41 bits per heavy atom. The summed E-state index contributed by atoms with van der Waals surface area (Å²) in [6.07, 6.45) is 0. The van der Waals surface area contributed by atoms with Crippen molar-refractivity contribution in [3.63, 3.8) is 0 Å². The van der Waals surface area contributed by atoms with Crippen molar-refractivity contribution in [2.24, 2.45) is 0 Å². The van der Waals surface area contributed by atoms with Crippen molar-refractivity contribution in [3.8, 4) is 72.4 Å². The summed E-state index contributed by atoms with van der Waals surface area (Å²) in [5.41, 5.74) is 24.0. The summed E-state index contributed by atoms with van der Waals surface area (Å²) >= 11 is 0. The molecule has 0 saturated heterocycles. The number of nitrogens with zero attached hydrogens (tertiary/aromatic N) is 2. The van der Waals surface area contributed by atoms with Gasteiger partial charge in [0, 0.05) is 38.8 Å². The van der Waals surface area contributed by atoms with E-state index in [0.29, 0.717) is 0 Å². The molecule has 0 saturated carbocycles. The first-order chi connectivity index (χ1) is 36.9. The summed E-state index contributed by atoms with van der Waals surface area (Å²) in [6, 6.07) is 103. The predicted molar refractivity (Wildman–Crippen MR) is 318 cm³/mol. The molecule has 14 rings (SSSR count). The van der Waals surface area contributed by atoms with Crippen LogP contribution in [-0.4, -0.2) is 4.57 Å². The number of rotatable bonds is 9. The van der Waals surface area contributed by atoms with E-state index in [2.05, 4.69) is 302 Å². The van der Waals surface area contributed by atoms with Crippen LogP contribution in [0.3, 0.4) is 0 Å². The van der Waals surface area contributed by atoms with Gasteiger partial charge in [0.05, 0.1) is 16.7 Å². The Hall–Kier alpha value is -9.50. The van der Waals surface area contributed by atoms with Crippen LogP contribution in [0.4, 0.5) is 17.1 Å². The number of aromatic nitrogens is 1. The number of benzene rings is 12. The first kappa shape index (κ1) is 44.2. The summed E-state index contributed by atoms with van der Waals surface area (Å²) < 4.78 is 2.50. The molecular formula is C73H52N2. The maximum atomic E-state index is 2.50. The molecule has 2 nitrogen and oxygen atoms in total. The molecule has 2 heteroatoms. The van der Waals surface area contributed by atoms with Crippen LogP contribution in [0.5, 0.6) is 0 Å². The molecule has 0 amide bonds. The highest BCUT2D eigenvalue weighted by Crippen LogP contribution is 2.51. The molecule has 0 spiro atoms. The number of hydrogen-bond donors (Lipinski definition) is 0.